The lowest BCUT2D eigenvalue weighted by atomic mass is 10.3. The molecule has 0 fully saturated rings. The number of aromatic nitrogens is 3. The van der Waals surface area contributed by atoms with Crippen LogP contribution in [0.25, 0.3) is 10.6 Å². The molecule has 26 heavy (non-hydrogen) atoms. The van der Waals surface area contributed by atoms with Gasteiger partial charge < -0.3 is 14.4 Å². The highest BCUT2D eigenvalue weighted by molar-refractivity contribution is 7.13. The van der Waals surface area contributed by atoms with Crippen LogP contribution < -0.4 is 9.47 Å². The molecule has 0 saturated heterocycles. The van der Waals surface area contributed by atoms with E-state index in [1.54, 1.807) is 35.3 Å². The van der Waals surface area contributed by atoms with Crippen LogP contribution in [-0.4, -0.2) is 52.9 Å². The number of carbonyl (C=O) groups excluding carboxylic acids is 1. The smallest absolute Gasteiger partial charge is 0.273 e. The molecule has 136 valence electrons. The van der Waals surface area contributed by atoms with E-state index in [0.717, 1.165) is 22.1 Å². The molecular weight excluding hydrogens is 352 g/mol. The largest absolute Gasteiger partial charge is 0.497 e. The van der Waals surface area contributed by atoms with E-state index in [9.17, 15) is 4.79 Å². The molecule has 0 radical (unpaired) electrons. The molecule has 0 unspecified atom stereocenters. The number of benzene rings is 1. The van der Waals surface area contributed by atoms with Crippen LogP contribution in [0.1, 0.15) is 10.5 Å². The van der Waals surface area contributed by atoms with Crippen LogP contribution in [0.2, 0.25) is 0 Å². The van der Waals surface area contributed by atoms with Gasteiger partial charge in [-0.1, -0.05) is 0 Å². The van der Waals surface area contributed by atoms with Crippen LogP contribution >= 0.6 is 11.3 Å². The predicted octanol–water partition coefficient (Wildman–Crippen LogP) is 2.70. The Bertz CT molecular complexity index is 873. The van der Waals surface area contributed by atoms with Gasteiger partial charge in [0.1, 0.15) is 28.8 Å². The lowest BCUT2D eigenvalue weighted by Crippen LogP contribution is -2.31. The van der Waals surface area contributed by atoms with Crippen LogP contribution in [0.15, 0.2) is 42.0 Å². The Morgan fingerprint density at radius 2 is 2.00 bits per heavy atom. The summed E-state index contributed by atoms with van der Waals surface area (Å²) in [5.74, 6) is 1.38. The van der Waals surface area contributed by atoms with E-state index < -0.39 is 0 Å². The van der Waals surface area contributed by atoms with Gasteiger partial charge in [-0.25, -0.2) is 4.98 Å². The third kappa shape index (κ3) is 4.20. The van der Waals surface area contributed by atoms with E-state index >= 15 is 0 Å². The number of carbonyl (C=O) groups is 1. The van der Waals surface area contributed by atoms with Gasteiger partial charge in [0.15, 0.2) is 0 Å². The summed E-state index contributed by atoms with van der Waals surface area (Å²) in [5.41, 5.74) is 1.34. The van der Waals surface area contributed by atoms with Gasteiger partial charge >= 0.3 is 0 Å². The molecule has 1 amide bonds. The maximum atomic E-state index is 12.5. The average molecular weight is 372 g/mol. The number of ether oxygens (including phenoxy) is 2. The molecule has 7 nitrogen and oxygen atoms in total. The van der Waals surface area contributed by atoms with Crippen LogP contribution in [0.5, 0.6) is 11.5 Å². The third-order valence-corrected chi connectivity index (χ3v) is 4.67. The zero-order chi connectivity index (χ0) is 18.5. The van der Waals surface area contributed by atoms with Gasteiger partial charge in [-0.2, -0.15) is 5.10 Å². The number of amides is 1. The zero-order valence-electron chi connectivity index (χ0n) is 14.9. The number of thiazole rings is 1. The van der Waals surface area contributed by atoms with E-state index in [4.69, 9.17) is 9.47 Å². The first-order valence-electron chi connectivity index (χ1n) is 8.03. The first-order valence-corrected chi connectivity index (χ1v) is 8.91. The van der Waals surface area contributed by atoms with Gasteiger partial charge in [0.25, 0.3) is 5.91 Å². The second-order valence-corrected chi connectivity index (χ2v) is 6.55. The highest BCUT2D eigenvalue weighted by Crippen LogP contribution is 2.23. The molecule has 0 spiro atoms. The highest BCUT2D eigenvalue weighted by Gasteiger charge is 2.16. The van der Waals surface area contributed by atoms with Crippen molar-refractivity contribution >= 4 is 17.2 Å². The fourth-order valence-electron chi connectivity index (χ4n) is 2.31. The maximum absolute atomic E-state index is 12.5. The number of hydrogen-bond acceptors (Lipinski definition) is 6. The van der Waals surface area contributed by atoms with Crippen molar-refractivity contribution in [3.63, 3.8) is 0 Å². The number of aryl methyl sites for hydroxylation is 1. The first-order chi connectivity index (χ1) is 12.6. The molecule has 0 bridgehead atoms. The molecule has 0 aliphatic rings. The number of methoxy groups -OCH3 is 1. The highest BCUT2D eigenvalue weighted by atomic mass is 32.1. The monoisotopic (exact) mass is 372 g/mol. The van der Waals surface area contributed by atoms with Crippen LogP contribution in [0.4, 0.5) is 0 Å². The normalized spacial score (nSPS) is 10.6. The third-order valence-electron chi connectivity index (χ3n) is 3.78. The molecule has 0 atom stereocenters. The second kappa shape index (κ2) is 8.01. The molecular formula is C18H20N4O3S. The Hall–Kier alpha value is -2.87. The minimum Gasteiger partial charge on any atom is -0.497 e. The lowest BCUT2D eigenvalue weighted by Gasteiger charge is -2.16. The summed E-state index contributed by atoms with van der Waals surface area (Å²) in [6.07, 6.45) is 3.61. The van der Waals surface area contributed by atoms with Gasteiger partial charge in [-0.15, -0.1) is 11.3 Å². The molecule has 0 aliphatic heterocycles. The molecule has 0 saturated carbocycles. The standard InChI is InChI=1S/C18H20N4O3S/c1-21(8-9-25-15-6-4-14(24-3)5-7-15)18(23)16-12-26-17(20-16)13-10-19-22(2)11-13/h4-7,10-12H,8-9H2,1-3H3. The van der Waals surface area contributed by atoms with E-state index in [0.29, 0.717) is 18.8 Å². The number of hydrogen-bond donors (Lipinski definition) is 0. The Balaban J connectivity index is 1.53. The summed E-state index contributed by atoms with van der Waals surface area (Å²) < 4.78 is 12.5. The molecule has 8 heteroatoms. The Kier molecular flexibility index (Phi) is 5.52. The van der Waals surface area contributed by atoms with Crippen molar-refractivity contribution in [2.75, 3.05) is 27.3 Å². The van der Waals surface area contributed by atoms with E-state index in [2.05, 4.69) is 10.1 Å². The van der Waals surface area contributed by atoms with Crippen molar-refractivity contribution < 1.29 is 14.3 Å². The van der Waals surface area contributed by atoms with Gasteiger partial charge in [0, 0.05) is 31.2 Å². The molecule has 2 heterocycles. The van der Waals surface area contributed by atoms with Crippen molar-refractivity contribution in [3.8, 4) is 22.1 Å². The van der Waals surface area contributed by atoms with Gasteiger partial charge in [0.05, 0.1) is 19.9 Å². The fraction of sp³-hybridized carbons (Fsp3) is 0.278. The van der Waals surface area contributed by atoms with Gasteiger partial charge in [-0.3, -0.25) is 9.48 Å². The average Bonchev–Trinajstić information content (AvgIpc) is 3.30. The van der Waals surface area contributed by atoms with Crippen molar-refractivity contribution in [2.45, 2.75) is 0 Å². The molecule has 3 rings (SSSR count). The summed E-state index contributed by atoms with van der Waals surface area (Å²) in [6, 6.07) is 7.33. The Morgan fingerprint density at radius 3 is 2.65 bits per heavy atom. The van der Waals surface area contributed by atoms with Crippen LogP contribution in [0, 0.1) is 0 Å². The van der Waals surface area contributed by atoms with Crippen molar-refractivity contribution in [3.05, 3.63) is 47.7 Å². The summed E-state index contributed by atoms with van der Waals surface area (Å²) in [4.78, 5) is 18.5. The number of rotatable bonds is 7. The van der Waals surface area contributed by atoms with Gasteiger partial charge in [0.2, 0.25) is 0 Å². The van der Waals surface area contributed by atoms with Crippen molar-refractivity contribution in [1.82, 2.24) is 19.7 Å². The first kappa shape index (κ1) is 17.9. The van der Waals surface area contributed by atoms with Crippen LogP contribution in [0.3, 0.4) is 0 Å². The van der Waals surface area contributed by atoms with Crippen LogP contribution in [-0.2, 0) is 7.05 Å². The number of nitrogens with zero attached hydrogens (tertiary/aromatic N) is 4. The SMILES string of the molecule is COc1ccc(OCCN(C)C(=O)c2csc(-c3cnn(C)c3)n2)cc1. The summed E-state index contributed by atoms with van der Waals surface area (Å²) in [5, 5.41) is 6.68. The zero-order valence-corrected chi connectivity index (χ0v) is 15.7. The topological polar surface area (TPSA) is 69.5 Å². The fourth-order valence-corrected chi connectivity index (χ4v) is 3.08. The minimum absolute atomic E-state index is 0.130. The van der Waals surface area contributed by atoms with Crippen molar-refractivity contribution in [2.24, 2.45) is 7.05 Å². The molecule has 1 aromatic carbocycles. The Morgan fingerprint density at radius 1 is 1.27 bits per heavy atom. The summed E-state index contributed by atoms with van der Waals surface area (Å²) >= 11 is 1.43. The molecule has 2 aromatic heterocycles. The predicted molar refractivity (Wildman–Crippen MR) is 99.8 cm³/mol. The minimum atomic E-state index is -0.130. The molecule has 3 aromatic rings. The summed E-state index contributed by atoms with van der Waals surface area (Å²) in [7, 11) is 5.21. The quantitative estimate of drug-likeness (QED) is 0.638. The van der Waals surface area contributed by atoms with E-state index in [1.165, 1.54) is 11.3 Å². The van der Waals surface area contributed by atoms with Crippen molar-refractivity contribution in [1.29, 1.82) is 0 Å². The molecule has 0 aliphatic carbocycles. The maximum Gasteiger partial charge on any atom is 0.273 e. The van der Waals surface area contributed by atoms with Gasteiger partial charge in [-0.05, 0) is 24.3 Å². The van der Waals surface area contributed by atoms with E-state index in [1.807, 2.05) is 37.5 Å². The molecule has 0 N–H and O–H groups in total. The van der Waals surface area contributed by atoms with E-state index in [-0.39, 0.29) is 5.91 Å². The lowest BCUT2D eigenvalue weighted by molar-refractivity contribution is 0.0769. The second-order valence-electron chi connectivity index (χ2n) is 5.69. The Labute approximate surface area is 155 Å². The summed E-state index contributed by atoms with van der Waals surface area (Å²) in [6.45, 7) is 0.860. The number of likely N-dealkylation sites (N-methyl/N-ethyl adjacent to an activating group) is 1.